The van der Waals surface area contributed by atoms with Gasteiger partial charge in [-0.1, -0.05) is 0 Å². The molecule has 1 heterocycles. The largest absolute Gasteiger partial charge is 0.481 e. The van der Waals surface area contributed by atoms with Gasteiger partial charge in [-0.3, -0.25) is 9.59 Å². The average Bonchev–Trinajstić information content (AvgIpc) is 2.69. The summed E-state index contributed by atoms with van der Waals surface area (Å²) in [6, 6.07) is 0. The lowest BCUT2D eigenvalue weighted by atomic mass is 10.5. The normalized spacial score (nSPS) is 10.0. The minimum atomic E-state index is -0.856. The van der Waals surface area contributed by atoms with E-state index in [9.17, 15) is 9.59 Å². The van der Waals surface area contributed by atoms with E-state index in [0.717, 1.165) is 0 Å². The van der Waals surface area contributed by atoms with Crippen LogP contribution < -0.4 is 5.32 Å². The van der Waals surface area contributed by atoms with Gasteiger partial charge < -0.3 is 10.4 Å². The highest BCUT2D eigenvalue weighted by Crippen LogP contribution is 1.96. The molecule has 0 saturated heterocycles. The molecule has 0 spiro atoms. The Bertz CT molecular complexity index is 342. The highest BCUT2D eigenvalue weighted by molar-refractivity contribution is 7.99. The summed E-state index contributed by atoms with van der Waals surface area (Å²) >= 11 is 1.25. The summed E-state index contributed by atoms with van der Waals surface area (Å²) < 4.78 is 1.31. The van der Waals surface area contributed by atoms with Crippen molar-refractivity contribution in [1.29, 1.82) is 0 Å². The standard InChI is InChI=1S/C7H11N5O3S/c13-6(3-12-5-9-10-11-12)8-1-2-16-4-7(14)15/h5H,1-4H2,(H,8,13)(H,14,15). The average molecular weight is 245 g/mol. The number of carbonyl (C=O) groups excluding carboxylic acids is 1. The van der Waals surface area contributed by atoms with Gasteiger partial charge in [0.05, 0.1) is 5.75 Å². The summed E-state index contributed by atoms with van der Waals surface area (Å²) in [4.78, 5) is 21.4. The highest BCUT2D eigenvalue weighted by atomic mass is 32.2. The Morgan fingerprint density at radius 2 is 2.31 bits per heavy atom. The fraction of sp³-hybridized carbons (Fsp3) is 0.571. The number of tetrazole rings is 1. The lowest BCUT2D eigenvalue weighted by Crippen LogP contribution is -2.29. The molecule has 16 heavy (non-hydrogen) atoms. The smallest absolute Gasteiger partial charge is 0.313 e. The molecule has 2 N–H and O–H groups in total. The quantitative estimate of drug-likeness (QED) is 0.569. The predicted molar refractivity (Wildman–Crippen MR) is 55.8 cm³/mol. The van der Waals surface area contributed by atoms with Crippen LogP contribution >= 0.6 is 11.8 Å². The molecule has 0 aliphatic rings. The molecule has 0 aliphatic heterocycles. The second-order valence-corrected chi connectivity index (χ2v) is 3.91. The molecule has 0 atom stereocenters. The van der Waals surface area contributed by atoms with Crippen LogP contribution in [0.2, 0.25) is 0 Å². The van der Waals surface area contributed by atoms with Crippen molar-refractivity contribution in [1.82, 2.24) is 25.5 Å². The first-order valence-electron chi connectivity index (χ1n) is 4.45. The number of thioether (sulfide) groups is 1. The van der Waals surface area contributed by atoms with Gasteiger partial charge in [0.2, 0.25) is 5.91 Å². The van der Waals surface area contributed by atoms with Crippen molar-refractivity contribution in [2.75, 3.05) is 18.1 Å². The zero-order valence-electron chi connectivity index (χ0n) is 8.37. The number of aliphatic carboxylic acids is 1. The predicted octanol–water partition coefficient (Wildman–Crippen LogP) is -1.39. The highest BCUT2D eigenvalue weighted by Gasteiger charge is 2.03. The van der Waals surface area contributed by atoms with Crippen LogP contribution in [0.1, 0.15) is 0 Å². The van der Waals surface area contributed by atoms with E-state index in [-0.39, 0.29) is 18.2 Å². The summed E-state index contributed by atoms with van der Waals surface area (Å²) in [7, 11) is 0. The lowest BCUT2D eigenvalue weighted by molar-refractivity contribution is -0.133. The van der Waals surface area contributed by atoms with Gasteiger partial charge in [-0.2, -0.15) is 0 Å². The third-order valence-electron chi connectivity index (χ3n) is 1.49. The summed E-state index contributed by atoms with van der Waals surface area (Å²) in [6.07, 6.45) is 1.35. The SMILES string of the molecule is O=C(O)CSCCNC(=O)Cn1cnnn1. The van der Waals surface area contributed by atoms with Crippen molar-refractivity contribution in [2.45, 2.75) is 6.54 Å². The summed E-state index contributed by atoms with van der Waals surface area (Å²) in [5.74, 6) is -0.454. The van der Waals surface area contributed by atoms with Crippen molar-refractivity contribution < 1.29 is 14.7 Å². The second kappa shape index (κ2) is 6.77. The number of rotatable bonds is 7. The van der Waals surface area contributed by atoms with E-state index in [2.05, 4.69) is 20.8 Å². The Balaban J connectivity index is 2.05. The fourth-order valence-corrected chi connectivity index (χ4v) is 1.44. The summed E-state index contributed by atoms with van der Waals surface area (Å²) in [6.45, 7) is 0.496. The van der Waals surface area contributed by atoms with Gasteiger partial charge in [0.1, 0.15) is 12.9 Å². The molecule has 0 bridgehead atoms. The minimum Gasteiger partial charge on any atom is -0.481 e. The van der Waals surface area contributed by atoms with Gasteiger partial charge in [-0.05, 0) is 10.4 Å². The zero-order chi connectivity index (χ0) is 11.8. The van der Waals surface area contributed by atoms with Crippen molar-refractivity contribution in [3.63, 3.8) is 0 Å². The molecule has 0 saturated carbocycles. The third-order valence-corrected chi connectivity index (χ3v) is 2.44. The number of hydrogen-bond donors (Lipinski definition) is 2. The van der Waals surface area contributed by atoms with Gasteiger partial charge in [-0.15, -0.1) is 16.9 Å². The van der Waals surface area contributed by atoms with Gasteiger partial charge in [0.15, 0.2) is 0 Å². The van der Waals surface area contributed by atoms with Crippen LogP contribution in [-0.2, 0) is 16.1 Å². The number of nitrogens with one attached hydrogen (secondary N) is 1. The van der Waals surface area contributed by atoms with E-state index in [1.54, 1.807) is 0 Å². The zero-order valence-corrected chi connectivity index (χ0v) is 9.18. The maximum atomic E-state index is 11.3. The number of nitrogens with zero attached hydrogens (tertiary/aromatic N) is 4. The number of carboxylic acid groups (broad SMARTS) is 1. The molecule has 1 rings (SSSR count). The van der Waals surface area contributed by atoms with Crippen LogP contribution in [0, 0.1) is 0 Å². The van der Waals surface area contributed by atoms with Crippen LogP contribution in [0.3, 0.4) is 0 Å². The fourth-order valence-electron chi connectivity index (χ4n) is 0.878. The number of amides is 1. The van der Waals surface area contributed by atoms with Crippen LogP contribution in [0.4, 0.5) is 0 Å². The van der Waals surface area contributed by atoms with Crippen molar-refractivity contribution in [2.24, 2.45) is 0 Å². The van der Waals surface area contributed by atoms with Crippen molar-refractivity contribution >= 4 is 23.6 Å². The van der Waals surface area contributed by atoms with Crippen molar-refractivity contribution in [3.05, 3.63) is 6.33 Å². The van der Waals surface area contributed by atoms with E-state index in [1.165, 1.54) is 22.8 Å². The second-order valence-electron chi connectivity index (χ2n) is 2.80. The van der Waals surface area contributed by atoms with Crippen molar-refractivity contribution in [3.8, 4) is 0 Å². The van der Waals surface area contributed by atoms with E-state index >= 15 is 0 Å². The number of carboxylic acids is 1. The van der Waals surface area contributed by atoms with Gasteiger partial charge in [0, 0.05) is 12.3 Å². The molecule has 8 nitrogen and oxygen atoms in total. The van der Waals surface area contributed by atoms with E-state index in [0.29, 0.717) is 12.3 Å². The van der Waals surface area contributed by atoms with Crippen LogP contribution in [0.25, 0.3) is 0 Å². The van der Waals surface area contributed by atoms with Gasteiger partial charge >= 0.3 is 5.97 Å². The van der Waals surface area contributed by atoms with Crippen LogP contribution in [0.15, 0.2) is 6.33 Å². The summed E-state index contributed by atoms with van der Waals surface area (Å²) in [5.41, 5.74) is 0. The monoisotopic (exact) mass is 245 g/mol. The van der Waals surface area contributed by atoms with Gasteiger partial charge in [-0.25, -0.2) is 4.68 Å². The first kappa shape index (κ1) is 12.4. The molecular weight excluding hydrogens is 234 g/mol. The Labute approximate surface area is 95.4 Å². The number of hydrogen-bond acceptors (Lipinski definition) is 6. The molecule has 0 aromatic carbocycles. The molecular formula is C7H11N5O3S. The Morgan fingerprint density at radius 1 is 1.50 bits per heavy atom. The molecule has 1 amide bonds. The van der Waals surface area contributed by atoms with E-state index in [4.69, 9.17) is 5.11 Å². The topological polar surface area (TPSA) is 110 Å². The van der Waals surface area contributed by atoms with E-state index < -0.39 is 5.97 Å². The van der Waals surface area contributed by atoms with E-state index in [1.807, 2.05) is 0 Å². The van der Waals surface area contributed by atoms with Crippen LogP contribution in [0.5, 0.6) is 0 Å². The third kappa shape index (κ3) is 5.29. The Kier molecular flexibility index (Phi) is 5.26. The molecule has 0 unspecified atom stereocenters. The van der Waals surface area contributed by atoms with Crippen LogP contribution in [-0.4, -0.2) is 55.2 Å². The first-order valence-corrected chi connectivity index (χ1v) is 5.61. The number of aromatic nitrogens is 4. The molecule has 88 valence electrons. The molecule has 0 aliphatic carbocycles. The first-order chi connectivity index (χ1) is 7.68. The minimum absolute atomic E-state index is 0.0445. The lowest BCUT2D eigenvalue weighted by Gasteiger charge is -2.03. The summed E-state index contributed by atoms with van der Waals surface area (Å²) in [5, 5.41) is 21.3. The maximum absolute atomic E-state index is 11.3. The molecule has 0 radical (unpaired) electrons. The Hall–Kier alpha value is -1.64. The molecule has 1 aromatic rings. The maximum Gasteiger partial charge on any atom is 0.313 e. The van der Waals surface area contributed by atoms with Gasteiger partial charge in [0.25, 0.3) is 0 Å². The Morgan fingerprint density at radius 3 is 2.94 bits per heavy atom. The number of carbonyl (C=O) groups is 2. The molecule has 1 aromatic heterocycles. The molecule has 0 fully saturated rings. The molecule has 9 heteroatoms.